The third-order valence-corrected chi connectivity index (χ3v) is 4.53. The predicted octanol–water partition coefficient (Wildman–Crippen LogP) is 3.75. The number of hydrogen-bond donors (Lipinski definition) is 1. The van der Waals surface area contributed by atoms with E-state index in [2.05, 4.69) is 5.32 Å². The van der Waals surface area contributed by atoms with Crippen molar-refractivity contribution in [2.75, 3.05) is 6.26 Å². The molecule has 18 heavy (non-hydrogen) atoms. The molecule has 2 rings (SSSR count). The van der Waals surface area contributed by atoms with Crippen molar-refractivity contribution < 1.29 is 4.79 Å². The first kappa shape index (κ1) is 13.8. The summed E-state index contributed by atoms with van der Waals surface area (Å²) in [6, 6.07) is 8.18. The maximum Gasteiger partial charge on any atom is 0.242 e. The molecule has 98 valence electrons. The Bertz CT molecular complexity index is 401. The van der Waals surface area contributed by atoms with Gasteiger partial charge in [0, 0.05) is 10.9 Å². The lowest BCUT2D eigenvalue weighted by Crippen LogP contribution is -2.34. The van der Waals surface area contributed by atoms with Crippen LogP contribution >= 0.6 is 23.4 Å². The molecule has 0 spiro atoms. The van der Waals surface area contributed by atoms with E-state index in [1.54, 1.807) is 11.8 Å². The van der Waals surface area contributed by atoms with E-state index in [9.17, 15) is 4.79 Å². The second-order valence-electron chi connectivity index (χ2n) is 4.63. The van der Waals surface area contributed by atoms with Crippen LogP contribution < -0.4 is 5.32 Å². The summed E-state index contributed by atoms with van der Waals surface area (Å²) in [5.74, 6) is -0.0690. The summed E-state index contributed by atoms with van der Waals surface area (Å²) in [5, 5.41) is 2.45. The Labute approximate surface area is 117 Å². The van der Waals surface area contributed by atoms with Crippen LogP contribution in [0.1, 0.15) is 36.6 Å². The van der Waals surface area contributed by atoms with E-state index in [0.29, 0.717) is 6.04 Å². The number of halogens is 1. The average molecular weight is 284 g/mol. The molecule has 0 saturated heterocycles. The number of carbonyl (C=O) groups excluding carboxylic acids is 1. The minimum absolute atomic E-state index is 0.0690. The topological polar surface area (TPSA) is 29.1 Å². The maximum absolute atomic E-state index is 12.0. The van der Waals surface area contributed by atoms with Gasteiger partial charge in [-0.15, -0.1) is 23.4 Å². The van der Waals surface area contributed by atoms with Gasteiger partial charge in [-0.3, -0.25) is 4.79 Å². The zero-order valence-corrected chi connectivity index (χ0v) is 12.1. The van der Waals surface area contributed by atoms with Gasteiger partial charge >= 0.3 is 0 Å². The molecule has 1 unspecified atom stereocenters. The normalized spacial score (nSPS) is 17.7. The van der Waals surface area contributed by atoms with Crippen molar-refractivity contribution in [1.29, 1.82) is 0 Å². The van der Waals surface area contributed by atoms with Gasteiger partial charge in [-0.1, -0.05) is 25.0 Å². The van der Waals surface area contributed by atoms with Gasteiger partial charge in [-0.2, -0.15) is 0 Å². The Morgan fingerprint density at radius 2 is 1.94 bits per heavy atom. The van der Waals surface area contributed by atoms with E-state index >= 15 is 0 Å². The molecule has 1 amide bonds. The number of nitrogens with one attached hydrogen (secondary N) is 1. The summed E-state index contributed by atoms with van der Waals surface area (Å²) in [5.41, 5.74) is 0.866. The first-order chi connectivity index (χ1) is 8.70. The predicted molar refractivity (Wildman–Crippen MR) is 77.2 cm³/mol. The number of amides is 1. The number of hydrogen-bond acceptors (Lipinski definition) is 2. The average Bonchev–Trinajstić information content (AvgIpc) is 2.91. The lowest BCUT2D eigenvalue weighted by Gasteiger charge is -2.15. The Morgan fingerprint density at radius 1 is 1.33 bits per heavy atom. The van der Waals surface area contributed by atoms with Crippen LogP contribution in [-0.2, 0) is 4.79 Å². The summed E-state index contributed by atoms with van der Waals surface area (Å²) < 4.78 is 0. The molecule has 4 heteroatoms. The highest BCUT2D eigenvalue weighted by molar-refractivity contribution is 7.98. The highest BCUT2D eigenvalue weighted by Gasteiger charge is 2.22. The molecule has 0 aromatic heterocycles. The maximum atomic E-state index is 12.0. The van der Waals surface area contributed by atoms with Gasteiger partial charge in [0.15, 0.2) is 0 Å². The minimum atomic E-state index is -0.582. The van der Waals surface area contributed by atoms with Gasteiger partial charge in [0.25, 0.3) is 0 Å². The molecule has 0 bridgehead atoms. The fourth-order valence-electron chi connectivity index (χ4n) is 2.27. The van der Waals surface area contributed by atoms with Crippen LogP contribution in [0.4, 0.5) is 0 Å². The highest BCUT2D eigenvalue weighted by atomic mass is 35.5. The van der Waals surface area contributed by atoms with E-state index < -0.39 is 5.38 Å². The fourth-order valence-corrected chi connectivity index (χ4v) is 2.89. The quantitative estimate of drug-likeness (QED) is 0.674. The van der Waals surface area contributed by atoms with Gasteiger partial charge in [0.2, 0.25) is 5.91 Å². The summed E-state index contributed by atoms with van der Waals surface area (Å²) in [6.07, 6.45) is 6.61. The Balaban J connectivity index is 1.95. The largest absolute Gasteiger partial charge is 0.352 e. The Morgan fingerprint density at radius 3 is 2.50 bits per heavy atom. The van der Waals surface area contributed by atoms with E-state index in [4.69, 9.17) is 11.6 Å². The molecule has 1 aliphatic carbocycles. The van der Waals surface area contributed by atoms with Crippen LogP contribution in [-0.4, -0.2) is 18.2 Å². The number of benzene rings is 1. The van der Waals surface area contributed by atoms with Crippen LogP contribution in [0.2, 0.25) is 0 Å². The number of carbonyl (C=O) groups is 1. The smallest absolute Gasteiger partial charge is 0.242 e. The molecule has 1 saturated carbocycles. The molecule has 1 fully saturated rings. The minimum Gasteiger partial charge on any atom is -0.352 e. The lowest BCUT2D eigenvalue weighted by molar-refractivity contribution is -0.121. The monoisotopic (exact) mass is 283 g/mol. The van der Waals surface area contributed by atoms with Gasteiger partial charge < -0.3 is 5.32 Å². The van der Waals surface area contributed by atoms with Crippen molar-refractivity contribution in [3.05, 3.63) is 29.8 Å². The summed E-state index contributed by atoms with van der Waals surface area (Å²) in [6.45, 7) is 0. The Kier molecular flexibility index (Phi) is 4.95. The zero-order chi connectivity index (χ0) is 13.0. The molecule has 1 aliphatic rings. The second-order valence-corrected chi connectivity index (χ2v) is 5.94. The third kappa shape index (κ3) is 3.42. The standard InChI is InChI=1S/C14H18ClNOS/c1-18-12-8-6-10(7-9-12)13(15)14(17)16-11-4-2-3-5-11/h6-9,11,13H,2-5H2,1H3,(H,16,17). The lowest BCUT2D eigenvalue weighted by atomic mass is 10.1. The molecular weight excluding hydrogens is 266 g/mol. The fraction of sp³-hybridized carbons (Fsp3) is 0.500. The molecule has 2 nitrogen and oxygen atoms in total. The van der Waals surface area contributed by atoms with Gasteiger partial charge in [0.1, 0.15) is 5.38 Å². The van der Waals surface area contributed by atoms with Crippen molar-refractivity contribution in [3.8, 4) is 0 Å². The SMILES string of the molecule is CSc1ccc(C(Cl)C(=O)NC2CCCC2)cc1. The number of rotatable bonds is 4. The number of thioether (sulfide) groups is 1. The molecular formula is C14H18ClNOS. The summed E-state index contributed by atoms with van der Waals surface area (Å²) in [7, 11) is 0. The van der Waals surface area contributed by atoms with Crippen LogP contribution in [0.25, 0.3) is 0 Å². The van der Waals surface area contributed by atoms with Crippen LogP contribution in [0.15, 0.2) is 29.2 Å². The molecule has 0 radical (unpaired) electrons. The second kappa shape index (κ2) is 6.48. The van der Waals surface area contributed by atoms with E-state index in [-0.39, 0.29) is 5.91 Å². The molecule has 1 N–H and O–H groups in total. The third-order valence-electron chi connectivity index (χ3n) is 3.34. The molecule has 1 atom stereocenters. The van der Waals surface area contributed by atoms with Crippen LogP contribution in [0, 0.1) is 0 Å². The first-order valence-electron chi connectivity index (χ1n) is 6.29. The zero-order valence-electron chi connectivity index (χ0n) is 10.5. The number of alkyl halides is 1. The molecule has 0 heterocycles. The molecule has 1 aromatic rings. The highest BCUT2D eigenvalue weighted by Crippen LogP contribution is 2.25. The van der Waals surface area contributed by atoms with Crippen molar-refractivity contribution in [1.82, 2.24) is 5.32 Å². The van der Waals surface area contributed by atoms with Crippen molar-refractivity contribution >= 4 is 29.3 Å². The van der Waals surface area contributed by atoms with Gasteiger partial charge in [-0.25, -0.2) is 0 Å². The van der Waals surface area contributed by atoms with Gasteiger partial charge in [-0.05, 0) is 36.8 Å². The van der Waals surface area contributed by atoms with Crippen molar-refractivity contribution in [2.24, 2.45) is 0 Å². The van der Waals surface area contributed by atoms with E-state index in [1.165, 1.54) is 17.7 Å². The van der Waals surface area contributed by atoms with Crippen molar-refractivity contribution in [2.45, 2.75) is 42.0 Å². The molecule has 0 aliphatic heterocycles. The van der Waals surface area contributed by atoms with Crippen molar-refractivity contribution in [3.63, 3.8) is 0 Å². The van der Waals surface area contributed by atoms with E-state index in [1.807, 2.05) is 30.5 Å². The van der Waals surface area contributed by atoms with E-state index in [0.717, 1.165) is 18.4 Å². The summed E-state index contributed by atoms with van der Waals surface area (Å²) >= 11 is 7.89. The first-order valence-corrected chi connectivity index (χ1v) is 7.95. The van der Waals surface area contributed by atoms with Crippen LogP contribution in [0.3, 0.4) is 0 Å². The summed E-state index contributed by atoms with van der Waals surface area (Å²) in [4.78, 5) is 13.2. The van der Waals surface area contributed by atoms with Gasteiger partial charge in [0.05, 0.1) is 0 Å². The van der Waals surface area contributed by atoms with Crippen LogP contribution in [0.5, 0.6) is 0 Å². The molecule has 1 aromatic carbocycles. The Hall–Kier alpha value is -0.670.